The van der Waals surface area contributed by atoms with Crippen molar-refractivity contribution in [3.63, 3.8) is 0 Å². The summed E-state index contributed by atoms with van der Waals surface area (Å²) in [6.45, 7) is 6.78. The normalized spacial score (nSPS) is 14.1. The monoisotopic (exact) mass is 235 g/mol. The maximum absolute atomic E-state index is 11.4. The predicted octanol–water partition coefficient (Wildman–Crippen LogP) is 1.98. The SMILES string of the molecule is CCCC(CC)NCCS(=O)(=O)CCC. The fourth-order valence-corrected chi connectivity index (χ4v) is 2.89. The van der Waals surface area contributed by atoms with E-state index in [2.05, 4.69) is 19.2 Å². The van der Waals surface area contributed by atoms with Crippen LogP contribution in [0.15, 0.2) is 0 Å². The fourth-order valence-electron chi connectivity index (χ4n) is 1.63. The molecule has 1 unspecified atom stereocenters. The summed E-state index contributed by atoms with van der Waals surface area (Å²) in [6.07, 6.45) is 4.06. The van der Waals surface area contributed by atoms with Crippen LogP contribution in [0.25, 0.3) is 0 Å². The molecule has 0 radical (unpaired) electrons. The van der Waals surface area contributed by atoms with Gasteiger partial charge in [-0.15, -0.1) is 0 Å². The molecule has 0 heterocycles. The van der Waals surface area contributed by atoms with E-state index in [9.17, 15) is 8.42 Å². The molecule has 4 heteroatoms. The molecule has 1 atom stereocenters. The Balaban J connectivity index is 3.76. The number of sulfone groups is 1. The Kier molecular flexibility index (Phi) is 8.06. The molecule has 0 saturated carbocycles. The van der Waals surface area contributed by atoms with Gasteiger partial charge in [-0.2, -0.15) is 0 Å². The van der Waals surface area contributed by atoms with Crippen molar-refractivity contribution in [3.05, 3.63) is 0 Å². The molecule has 0 aromatic heterocycles. The van der Waals surface area contributed by atoms with Gasteiger partial charge in [0, 0.05) is 18.3 Å². The minimum Gasteiger partial charge on any atom is -0.313 e. The maximum Gasteiger partial charge on any atom is 0.151 e. The lowest BCUT2D eigenvalue weighted by Gasteiger charge is -2.15. The van der Waals surface area contributed by atoms with E-state index in [-0.39, 0.29) is 5.75 Å². The first-order chi connectivity index (χ1) is 7.05. The third kappa shape index (κ3) is 7.79. The topological polar surface area (TPSA) is 46.2 Å². The fraction of sp³-hybridized carbons (Fsp3) is 1.00. The number of rotatable bonds is 9. The second kappa shape index (κ2) is 8.11. The van der Waals surface area contributed by atoms with Crippen molar-refractivity contribution in [1.29, 1.82) is 0 Å². The Bertz CT molecular complexity index is 237. The molecule has 1 N–H and O–H groups in total. The second-order valence-electron chi connectivity index (χ2n) is 4.00. The predicted molar refractivity (Wildman–Crippen MR) is 65.9 cm³/mol. The van der Waals surface area contributed by atoms with Gasteiger partial charge in [-0.25, -0.2) is 8.42 Å². The Labute approximate surface area is 94.6 Å². The van der Waals surface area contributed by atoms with E-state index in [1.54, 1.807) is 0 Å². The van der Waals surface area contributed by atoms with E-state index in [4.69, 9.17) is 0 Å². The molecule has 0 aromatic rings. The van der Waals surface area contributed by atoms with Crippen molar-refractivity contribution in [2.24, 2.45) is 0 Å². The van der Waals surface area contributed by atoms with E-state index in [0.29, 0.717) is 24.8 Å². The molecule has 0 aliphatic rings. The van der Waals surface area contributed by atoms with Crippen LogP contribution >= 0.6 is 0 Å². The van der Waals surface area contributed by atoms with Crippen molar-refractivity contribution < 1.29 is 8.42 Å². The van der Waals surface area contributed by atoms with Gasteiger partial charge in [-0.05, 0) is 19.3 Å². The van der Waals surface area contributed by atoms with Crippen LogP contribution in [-0.4, -0.2) is 32.5 Å². The highest BCUT2D eigenvalue weighted by atomic mass is 32.2. The standard InChI is InChI=1S/C11H25NO2S/c1-4-7-11(6-3)12-8-10-15(13,14)9-5-2/h11-12H,4-10H2,1-3H3. The van der Waals surface area contributed by atoms with Crippen LogP contribution in [0.3, 0.4) is 0 Å². The number of hydrogen-bond acceptors (Lipinski definition) is 3. The van der Waals surface area contributed by atoms with E-state index >= 15 is 0 Å². The van der Waals surface area contributed by atoms with Gasteiger partial charge in [-0.3, -0.25) is 0 Å². The lowest BCUT2D eigenvalue weighted by molar-refractivity contribution is 0.474. The lowest BCUT2D eigenvalue weighted by atomic mass is 10.1. The molecule has 15 heavy (non-hydrogen) atoms. The van der Waals surface area contributed by atoms with Crippen molar-refractivity contribution in [2.45, 2.75) is 52.5 Å². The number of hydrogen-bond donors (Lipinski definition) is 1. The first-order valence-electron chi connectivity index (χ1n) is 5.99. The summed E-state index contributed by atoms with van der Waals surface area (Å²) in [5.41, 5.74) is 0. The highest BCUT2D eigenvalue weighted by molar-refractivity contribution is 7.91. The summed E-state index contributed by atoms with van der Waals surface area (Å²) >= 11 is 0. The molecule has 0 amide bonds. The minimum atomic E-state index is -2.81. The van der Waals surface area contributed by atoms with Crippen molar-refractivity contribution >= 4 is 9.84 Å². The van der Waals surface area contributed by atoms with Gasteiger partial charge >= 0.3 is 0 Å². The largest absolute Gasteiger partial charge is 0.313 e. The summed E-state index contributed by atoms with van der Waals surface area (Å²) < 4.78 is 22.8. The zero-order valence-corrected chi connectivity index (χ0v) is 11.1. The smallest absolute Gasteiger partial charge is 0.151 e. The summed E-state index contributed by atoms with van der Waals surface area (Å²) in [5, 5.41) is 3.31. The summed E-state index contributed by atoms with van der Waals surface area (Å²) in [4.78, 5) is 0. The van der Waals surface area contributed by atoms with Crippen molar-refractivity contribution in [3.8, 4) is 0 Å². The molecule has 0 aliphatic heterocycles. The average Bonchev–Trinajstić information content (AvgIpc) is 2.16. The molecule has 0 fully saturated rings. The molecular weight excluding hydrogens is 210 g/mol. The quantitative estimate of drug-likeness (QED) is 0.664. The molecule has 0 spiro atoms. The molecule has 92 valence electrons. The minimum absolute atomic E-state index is 0.279. The molecule has 0 saturated heterocycles. The highest BCUT2D eigenvalue weighted by Gasteiger charge is 2.10. The zero-order valence-electron chi connectivity index (χ0n) is 10.3. The van der Waals surface area contributed by atoms with Gasteiger partial charge in [0.15, 0.2) is 9.84 Å². The summed E-state index contributed by atoms with van der Waals surface area (Å²) in [5.74, 6) is 0.598. The Morgan fingerprint density at radius 2 is 1.73 bits per heavy atom. The highest BCUT2D eigenvalue weighted by Crippen LogP contribution is 2.01. The van der Waals surface area contributed by atoms with Crippen LogP contribution in [-0.2, 0) is 9.84 Å². The zero-order chi connectivity index (χ0) is 11.7. The van der Waals surface area contributed by atoms with E-state index in [1.807, 2.05) is 6.92 Å². The molecule has 0 rings (SSSR count). The molecule has 3 nitrogen and oxygen atoms in total. The molecule has 0 bridgehead atoms. The first-order valence-corrected chi connectivity index (χ1v) is 7.81. The second-order valence-corrected chi connectivity index (χ2v) is 6.30. The average molecular weight is 235 g/mol. The van der Waals surface area contributed by atoms with E-state index in [0.717, 1.165) is 19.3 Å². The van der Waals surface area contributed by atoms with E-state index in [1.165, 1.54) is 0 Å². The third-order valence-corrected chi connectivity index (χ3v) is 4.35. The Morgan fingerprint density at radius 3 is 2.20 bits per heavy atom. The molecule has 0 aliphatic carbocycles. The summed E-state index contributed by atoms with van der Waals surface area (Å²) in [6, 6.07) is 0.479. The third-order valence-electron chi connectivity index (χ3n) is 2.49. The number of nitrogens with one attached hydrogen (secondary N) is 1. The lowest BCUT2D eigenvalue weighted by Crippen LogP contribution is -2.33. The molecule has 0 aromatic carbocycles. The van der Waals surface area contributed by atoms with Crippen molar-refractivity contribution in [1.82, 2.24) is 5.32 Å². The summed E-state index contributed by atoms with van der Waals surface area (Å²) in [7, 11) is -2.81. The van der Waals surface area contributed by atoms with Crippen LogP contribution in [0.1, 0.15) is 46.5 Å². The molecular formula is C11H25NO2S. The van der Waals surface area contributed by atoms with Gasteiger partial charge in [0.1, 0.15) is 0 Å². The van der Waals surface area contributed by atoms with Gasteiger partial charge in [0.05, 0.1) is 5.75 Å². The van der Waals surface area contributed by atoms with Crippen LogP contribution in [0, 0.1) is 0 Å². The Hall–Kier alpha value is -0.0900. The Morgan fingerprint density at radius 1 is 1.07 bits per heavy atom. The van der Waals surface area contributed by atoms with Crippen LogP contribution in [0.2, 0.25) is 0 Å². The van der Waals surface area contributed by atoms with Crippen LogP contribution in [0.4, 0.5) is 0 Å². The van der Waals surface area contributed by atoms with Crippen LogP contribution in [0.5, 0.6) is 0 Å². The van der Waals surface area contributed by atoms with E-state index < -0.39 is 9.84 Å². The first kappa shape index (κ1) is 14.9. The van der Waals surface area contributed by atoms with Gasteiger partial charge in [0.25, 0.3) is 0 Å². The van der Waals surface area contributed by atoms with Crippen LogP contribution < -0.4 is 5.32 Å². The van der Waals surface area contributed by atoms with Gasteiger partial charge in [-0.1, -0.05) is 27.2 Å². The van der Waals surface area contributed by atoms with Gasteiger partial charge in [0.2, 0.25) is 0 Å². The van der Waals surface area contributed by atoms with Gasteiger partial charge < -0.3 is 5.32 Å². The maximum atomic E-state index is 11.4. The van der Waals surface area contributed by atoms with Crippen molar-refractivity contribution in [2.75, 3.05) is 18.1 Å².